The molecule has 0 aliphatic heterocycles. The van der Waals surface area contributed by atoms with Gasteiger partial charge in [-0.2, -0.15) is 0 Å². The average molecular weight is 225 g/mol. The maximum Gasteiger partial charge on any atom is 0.325 e. The number of hydrogen-bond acceptors (Lipinski definition) is 4. The summed E-state index contributed by atoms with van der Waals surface area (Å²) in [7, 11) is 1.52. The summed E-state index contributed by atoms with van der Waals surface area (Å²) in [6.07, 6.45) is 0. The normalized spacial score (nSPS) is 9.94. The van der Waals surface area contributed by atoms with Gasteiger partial charge in [-0.15, -0.1) is 0 Å². The minimum atomic E-state index is -0.429. The maximum absolute atomic E-state index is 11.7. The van der Waals surface area contributed by atoms with Crippen LogP contribution in [0.3, 0.4) is 0 Å². The van der Waals surface area contributed by atoms with Crippen molar-refractivity contribution in [3.05, 3.63) is 23.7 Å². The number of hydrogen-bond donors (Lipinski definition) is 0. The van der Waals surface area contributed by atoms with Crippen molar-refractivity contribution in [2.45, 2.75) is 13.8 Å². The Hall–Kier alpha value is -1.78. The molecule has 16 heavy (non-hydrogen) atoms. The fourth-order valence-corrected chi connectivity index (χ4v) is 1.21. The lowest BCUT2D eigenvalue weighted by atomic mass is 10.4. The third kappa shape index (κ3) is 3.12. The summed E-state index contributed by atoms with van der Waals surface area (Å²) in [5.41, 5.74) is 0. The van der Waals surface area contributed by atoms with Crippen LogP contribution in [0, 0.1) is 6.92 Å². The maximum atomic E-state index is 11.7. The molecule has 0 spiro atoms. The van der Waals surface area contributed by atoms with Crippen LogP contribution in [0.1, 0.15) is 23.2 Å². The molecule has 0 saturated heterocycles. The highest BCUT2D eigenvalue weighted by atomic mass is 16.5. The zero-order valence-corrected chi connectivity index (χ0v) is 9.65. The monoisotopic (exact) mass is 225 g/mol. The molecule has 88 valence electrons. The van der Waals surface area contributed by atoms with E-state index in [1.165, 1.54) is 11.9 Å². The number of carbonyl (C=O) groups is 2. The summed E-state index contributed by atoms with van der Waals surface area (Å²) >= 11 is 0. The number of rotatable bonds is 4. The third-order valence-corrected chi connectivity index (χ3v) is 1.97. The number of nitrogens with zero attached hydrogens (tertiary/aromatic N) is 1. The van der Waals surface area contributed by atoms with E-state index in [0.29, 0.717) is 12.4 Å². The van der Waals surface area contributed by atoms with Gasteiger partial charge in [-0.25, -0.2) is 0 Å². The van der Waals surface area contributed by atoms with Crippen LogP contribution in [0.4, 0.5) is 0 Å². The van der Waals surface area contributed by atoms with E-state index in [-0.39, 0.29) is 18.2 Å². The SMILES string of the molecule is CCOC(=O)CN(C)C(=O)c1ccc(C)o1. The lowest BCUT2D eigenvalue weighted by Gasteiger charge is -2.14. The second-order valence-electron chi connectivity index (χ2n) is 3.38. The third-order valence-electron chi connectivity index (χ3n) is 1.97. The molecule has 0 unspecified atom stereocenters. The Morgan fingerprint density at radius 2 is 2.12 bits per heavy atom. The van der Waals surface area contributed by atoms with Gasteiger partial charge in [-0.05, 0) is 26.0 Å². The molecule has 5 nitrogen and oxygen atoms in total. The molecule has 0 bridgehead atoms. The zero-order valence-electron chi connectivity index (χ0n) is 9.65. The van der Waals surface area contributed by atoms with Crippen LogP contribution < -0.4 is 0 Å². The Morgan fingerprint density at radius 3 is 2.62 bits per heavy atom. The molecule has 1 rings (SSSR count). The van der Waals surface area contributed by atoms with Gasteiger partial charge < -0.3 is 14.1 Å². The summed E-state index contributed by atoms with van der Waals surface area (Å²) in [6.45, 7) is 3.70. The van der Waals surface area contributed by atoms with Crippen molar-refractivity contribution in [3.8, 4) is 0 Å². The molecule has 0 N–H and O–H groups in total. The highest BCUT2D eigenvalue weighted by molar-refractivity contribution is 5.93. The largest absolute Gasteiger partial charge is 0.465 e. The van der Waals surface area contributed by atoms with Gasteiger partial charge in [-0.3, -0.25) is 9.59 Å². The Morgan fingerprint density at radius 1 is 1.44 bits per heavy atom. The van der Waals surface area contributed by atoms with Crippen LogP contribution in [0.25, 0.3) is 0 Å². The van der Waals surface area contributed by atoms with Crippen LogP contribution in [0.2, 0.25) is 0 Å². The molecule has 0 aromatic carbocycles. The number of carbonyl (C=O) groups excluding carboxylic acids is 2. The van der Waals surface area contributed by atoms with Gasteiger partial charge in [0.25, 0.3) is 5.91 Å². The first-order chi connectivity index (χ1) is 7.54. The molecular formula is C11H15NO4. The molecule has 0 aliphatic carbocycles. The summed E-state index contributed by atoms with van der Waals surface area (Å²) in [5, 5.41) is 0. The molecule has 1 aromatic heterocycles. The Balaban J connectivity index is 2.57. The Kier molecular flexibility index (Phi) is 4.10. The van der Waals surface area contributed by atoms with Gasteiger partial charge in [0.1, 0.15) is 12.3 Å². The van der Waals surface area contributed by atoms with Crippen molar-refractivity contribution in [1.29, 1.82) is 0 Å². The molecule has 0 saturated carbocycles. The number of furan rings is 1. The fourth-order valence-electron chi connectivity index (χ4n) is 1.21. The predicted molar refractivity (Wildman–Crippen MR) is 57.0 cm³/mol. The van der Waals surface area contributed by atoms with Crippen LogP contribution in [-0.4, -0.2) is 37.0 Å². The number of esters is 1. The van der Waals surface area contributed by atoms with Gasteiger partial charge in [-0.1, -0.05) is 0 Å². The van der Waals surface area contributed by atoms with E-state index >= 15 is 0 Å². The van der Waals surface area contributed by atoms with E-state index in [9.17, 15) is 9.59 Å². The minimum absolute atomic E-state index is 0.0770. The van der Waals surface area contributed by atoms with E-state index in [1.54, 1.807) is 26.0 Å². The van der Waals surface area contributed by atoms with Crippen LogP contribution in [-0.2, 0) is 9.53 Å². The molecule has 0 radical (unpaired) electrons. The number of likely N-dealkylation sites (N-methyl/N-ethyl adjacent to an activating group) is 1. The van der Waals surface area contributed by atoms with Crippen LogP contribution in [0.15, 0.2) is 16.5 Å². The van der Waals surface area contributed by atoms with E-state index in [4.69, 9.17) is 9.15 Å². The summed E-state index contributed by atoms with van der Waals surface area (Å²) in [6, 6.07) is 3.28. The smallest absolute Gasteiger partial charge is 0.325 e. The van der Waals surface area contributed by atoms with Gasteiger partial charge in [0, 0.05) is 7.05 Å². The number of amides is 1. The molecule has 0 fully saturated rings. The standard InChI is InChI=1S/C11H15NO4/c1-4-15-10(13)7-12(3)11(14)9-6-5-8(2)16-9/h5-6H,4,7H2,1-3H3. The Labute approximate surface area is 94.0 Å². The lowest BCUT2D eigenvalue weighted by Crippen LogP contribution is -2.32. The molecular weight excluding hydrogens is 210 g/mol. The first-order valence-electron chi connectivity index (χ1n) is 5.02. The summed E-state index contributed by atoms with van der Waals surface area (Å²) < 4.78 is 9.90. The van der Waals surface area contributed by atoms with Crippen molar-refractivity contribution >= 4 is 11.9 Å². The van der Waals surface area contributed by atoms with E-state index in [2.05, 4.69) is 0 Å². The highest BCUT2D eigenvalue weighted by Crippen LogP contribution is 2.08. The van der Waals surface area contributed by atoms with Crippen molar-refractivity contribution in [1.82, 2.24) is 4.90 Å². The fraction of sp³-hybridized carbons (Fsp3) is 0.455. The van der Waals surface area contributed by atoms with Crippen molar-refractivity contribution in [3.63, 3.8) is 0 Å². The number of ether oxygens (including phenoxy) is 1. The molecule has 0 aliphatic rings. The van der Waals surface area contributed by atoms with Crippen LogP contribution in [0.5, 0.6) is 0 Å². The molecule has 1 heterocycles. The highest BCUT2D eigenvalue weighted by Gasteiger charge is 2.18. The first-order valence-corrected chi connectivity index (χ1v) is 5.02. The summed E-state index contributed by atoms with van der Waals surface area (Å²) in [5.74, 6) is 0.125. The van der Waals surface area contributed by atoms with Crippen molar-refractivity contribution < 1.29 is 18.7 Å². The Bertz CT molecular complexity index is 383. The van der Waals surface area contributed by atoms with E-state index in [0.717, 1.165) is 0 Å². The van der Waals surface area contributed by atoms with Crippen LogP contribution >= 0.6 is 0 Å². The van der Waals surface area contributed by atoms with Gasteiger partial charge in [0.05, 0.1) is 6.61 Å². The van der Waals surface area contributed by atoms with Gasteiger partial charge in [0.15, 0.2) is 5.76 Å². The van der Waals surface area contributed by atoms with Gasteiger partial charge >= 0.3 is 5.97 Å². The van der Waals surface area contributed by atoms with Gasteiger partial charge in [0.2, 0.25) is 0 Å². The summed E-state index contributed by atoms with van der Waals surface area (Å²) in [4.78, 5) is 24.1. The second kappa shape index (κ2) is 5.34. The minimum Gasteiger partial charge on any atom is -0.465 e. The van der Waals surface area contributed by atoms with E-state index < -0.39 is 5.97 Å². The zero-order chi connectivity index (χ0) is 12.1. The topological polar surface area (TPSA) is 59.8 Å². The first kappa shape index (κ1) is 12.3. The van der Waals surface area contributed by atoms with Crippen molar-refractivity contribution in [2.24, 2.45) is 0 Å². The van der Waals surface area contributed by atoms with Crippen molar-refractivity contribution in [2.75, 3.05) is 20.2 Å². The predicted octanol–water partition coefficient (Wildman–Crippen LogP) is 1.22. The molecule has 5 heteroatoms. The average Bonchev–Trinajstić information content (AvgIpc) is 2.64. The van der Waals surface area contributed by atoms with E-state index in [1.807, 2.05) is 0 Å². The molecule has 0 atom stereocenters. The quantitative estimate of drug-likeness (QED) is 0.723. The number of aryl methyl sites for hydroxylation is 1. The lowest BCUT2D eigenvalue weighted by molar-refractivity contribution is -0.143. The second-order valence-corrected chi connectivity index (χ2v) is 3.38. The molecule has 1 aromatic rings. The molecule has 1 amide bonds.